The van der Waals surface area contributed by atoms with Crippen molar-refractivity contribution in [3.05, 3.63) is 58.7 Å². The second kappa shape index (κ2) is 13.7. The van der Waals surface area contributed by atoms with Gasteiger partial charge in [0.15, 0.2) is 10.8 Å². The smallest absolute Gasteiger partial charge is 0.262 e. The van der Waals surface area contributed by atoms with E-state index in [0.717, 1.165) is 29.3 Å². The largest absolute Gasteiger partial charge is 0.302 e. The number of ketones is 1. The van der Waals surface area contributed by atoms with Crippen LogP contribution >= 0.6 is 15.9 Å². The number of Topliss-reactive ketones (excluding diaryl/α,β-unsaturated/α-hetero) is 1. The van der Waals surface area contributed by atoms with Gasteiger partial charge in [-0.3, -0.25) is 9.59 Å². The molecule has 2 fully saturated rings. The molecule has 0 bridgehead atoms. The molecule has 1 amide bonds. The monoisotopic (exact) mass is 602 g/mol. The van der Waals surface area contributed by atoms with Gasteiger partial charge in [-0.15, -0.1) is 0 Å². The maximum absolute atomic E-state index is 13.2. The first-order chi connectivity index (χ1) is 18.3. The van der Waals surface area contributed by atoms with Crippen LogP contribution in [0.3, 0.4) is 0 Å². The second-order valence-electron chi connectivity index (χ2n) is 10.1. The molecule has 38 heavy (non-hydrogen) atoms. The number of aliphatic imine (C=N–C) groups is 1. The van der Waals surface area contributed by atoms with Gasteiger partial charge < -0.3 is 5.32 Å². The molecule has 1 aromatic carbocycles. The number of nitrogens with one attached hydrogen (secondary N) is 1. The maximum Gasteiger partial charge on any atom is 0.262 e. The summed E-state index contributed by atoms with van der Waals surface area (Å²) in [6.07, 6.45) is 10.4. The van der Waals surface area contributed by atoms with Crippen LogP contribution in [0.15, 0.2) is 63.2 Å². The number of pyridine rings is 1. The molecule has 2 aliphatic rings. The van der Waals surface area contributed by atoms with E-state index in [0.29, 0.717) is 25.3 Å². The number of amides is 1. The first-order valence-electron chi connectivity index (χ1n) is 13.3. The molecule has 8 nitrogen and oxygen atoms in total. The predicted octanol–water partition coefficient (Wildman–Crippen LogP) is 4.54. The lowest BCUT2D eigenvalue weighted by atomic mass is 9.84. The van der Waals surface area contributed by atoms with Gasteiger partial charge in [0.2, 0.25) is 0 Å². The second-order valence-corrected chi connectivity index (χ2v) is 12.9. The number of nitrogens with zero attached hydrogens (tertiary/aromatic N) is 3. The molecule has 1 unspecified atom stereocenters. The summed E-state index contributed by atoms with van der Waals surface area (Å²) in [5.41, 5.74) is 1.08. The van der Waals surface area contributed by atoms with E-state index in [1.54, 1.807) is 12.1 Å². The number of hydrogen-bond acceptors (Lipinski definition) is 6. The molecule has 204 valence electrons. The van der Waals surface area contributed by atoms with Crippen LogP contribution in [-0.2, 0) is 26.2 Å². The Labute approximate surface area is 233 Å². The number of benzene rings is 1. The van der Waals surface area contributed by atoms with Gasteiger partial charge in [-0.05, 0) is 55.0 Å². The lowest BCUT2D eigenvalue weighted by molar-refractivity contribution is -0.120. The maximum atomic E-state index is 13.2. The first-order valence-corrected chi connectivity index (χ1v) is 15.6. The van der Waals surface area contributed by atoms with Crippen LogP contribution < -0.4 is 5.32 Å². The van der Waals surface area contributed by atoms with Gasteiger partial charge in [-0.1, -0.05) is 66.2 Å². The van der Waals surface area contributed by atoms with Crippen LogP contribution in [-0.4, -0.2) is 54.7 Å². The fourth-order valence-electron chi connectivity index (χ4n) is 5.14. The lowest BCUT2D eigenvalue weighted by Gasteiger charge is -2.25. The third kappa shape index (κ3) is 7.88. The average molecular weight is 604 g/mol. The Morgan fingerprint density at radius 1 is 1.11 bits per heavy atom. The highest BCUT2D eigenvalue weighted by molar-refractivity contribution is 9.10. The fraction of sp³-hybridized carbons (Fsp3) is 0.500. The van der Waals surface area contributed by atoms with Crippen molar-refractivity contribution in [2.45, 2.75) is 69.0 Å². The molecular formula is C28H35BrN4O4S. The number of sulfonamides is 1. The van der Waals surface area contributed by atoms with E-state index >= 15 is 0 Å². The summed E-state index contributed by atoms with van der Waals surface area (Å²) < 4.78 is 28.1. The molecule has 1 saturated carbocycles. The third-order valence-corrected chi connectivity index (χ3v) is 9.64. The normalized spacial score (nSPS) is 20.9. The Morgan fingerprint density at radius 2 is 1.87 bits per heavy atom. The molecule has 1 N–H and O–H groups in total. The highest BCUT2D eigenvalue weighted by Gasteiger charge is 2.32. The molecule has 10 heteroatoms. The van der Waals surface area contributed by atoms with Crippen LogP contribution in [0.5, 0.6) is 0 Å². The van der Waals surface area contributed by atoms with Crippen LogP contribution in [0.1, 0.15) is 56.9 Å². The molecule has 0 radical (unpaired) electrons. The summed E-state index contributed by atoms with van der Waals surface area (Å²) in [4.78, 5) is 34.4. The minimum atomic E-state index is -3.86. The summed E-state index contributed by atoms with van der Waals surface area (Å²) in [5, 5.41) is 3.33. The van der Waals surface area contributed by atoms with E-state index in [9.17, 15) is 18.0 Å². The van der Waals surface area contributed by atoms with Gasteiger partial charge in [0.1, 0.15) is 0 Å². The van der Waals surface area contributed by atoms with Crippen molar-refractivity contribution >= 4 is 43.9 Å². The molecule has 2 heterocycles. The Hall–Kier alpha value is -2.27. The zero-order valence-corrected chi connectivity index (χ0v) is 23.9. The summed E-state index contributed by atoms with van der Waals surface area (Å²) in [7, 11) is -3.86. The number of carbonyl (C=O) groups is 2. The average Bonchev–Trinajstić information content (AvgIpc) is 3.13. The summed E-state index contributed by atoms with van der Waals surface area (Å²) in [5.74, 6) is -0.646. The SMILES string of the molecule is O=C1CN(S(=O)(=O)c2ccccn2)CCCC1C=NC(=O)[C@H](CC1CCCCC1)NCc1ccc(Br)cc1. The van der Waals surface area contributed by atoms with E-state index in [1.165, 1.54) is 42.0 Å². The number of rotatable bonds is 9. The van der Waals surface area contributed by atoms with E-state index in [-0.39, 0.29) is 29.8 Å². The van der Waals surface area contributed by atoms with Crippen molar-refractivity contribution in [3.63, 3.8) is 0 Å². The molecule has 4 rings (SSSR count). The van der Waals surface area contributed by atoms with E-state index < -0.39 is 22.0 Å². The van der Waals surface area contributed by atoms with Gasteiger partial charge in [-0.25, -0.2) is 18.4 Å². The zero-order valence-electron chi connectivity index (χ0n) is 21.5. The Morgan fingerprint density at radius 3 is 2.58 bits per heavy atom. The number of carbonyl (C=O) groups excluding carboxylic acids is 2. The summed E-state index contributed by atoms with van der Waals surface area (Å²) >= 11 is 3.45. The van der Waals surface area contributed by atoms with Crippen molar-refractivity contribution in [1.29, 1.82) is 0 Å². The molecule has 1 saturated heterocycles. The van der Waals surface area contributed by atoms with Gasteiger partial charge in [0, 0.05) is 30.0 Å². The highest BCUT2D eigenvalue weighted by Crippen LogP contribution is 2.28. The molecule has 0 spiro atoms. The van der Waals surface area contributed by atoms with Crippen LogP contribution in [0.2, 0.25) is 0 Å². The molecule has 1 aliphatic carbocycles. The van der Waals surface area contributed by atoms with Crippen molar-refractivity contribution in [2.75, 3.05) is 13.1 Å². The van der Waals surface area contributed by atoms with Crippen molar-refractivity contribution in [3.8, 4) is 0 Å². The van der Waals surface area contributed by atoms with Gasteiger partial charge in [0.05, 0.1) is 18.5 Å². The van der Waals surface area contributed by atoms with Crippen molar-refractivity contribution < 1.29 is 18.0 Å². The molecule has 1 aliphatic heterocycles. The van der Waals surface area contributed by atoms with Crippen LogP contribution in [0, 0.1) is 11.8 Å². The zero-order chi connectivity index (χ0) is 27.0. The number of halogens is 1. The predicted molar refractivity (Wildman–Crippen MR) is 150 cm³/mol. The van der Waals surface area contributed by atoms with Crippen molar-refractivity contribution in [1.82, 2.24) is 14.6 Å². The third-order valence-electron chi connectivity index (χ3n) is 7.35. The number of aromatic nitrogens is 1. The van der Waals surface area contributed by atoms with Gasteiger partial charge in [0.25, 0.3) is 15.9 Å². The molecular weight excluding hydrogens is 568 g/mol. The Bertz CT molecular complexity index is 1220. The molecule has 2 atom stereocenters. The Balaban J connectivity index is 1.41. The minimum Gasteiger partial charge on any atom is -0.302 e. The summed E-state index contributed by atoms with van der Waals surface area (Å²) in [6, 6.07) is 12.2. The quantitative estimate of drug-likeness (QED) is 0.422. The van der Waals surface area contributed by atoms with Gasteiger partial charge >= 0.3 is 0 Å². The lowest BCUT2D eigenvalue weighted by Crippen LogP contribution is -2.38. The van der Waals surface area contributed by atoms with Crippen LogP contribution in [0.4, 0.5) is 0 Å². The van der Waals surface area contributed by atoms with E-state index in [2.05, 4.69) is 31.2 Å². The number of hydrogen-bond donors (Lipinski definition) is 1. The molecule has 2 aromatic rings. The Kier molecular flexibility index (Phi) is 10.3. The van der Waals surface area contributed by atoms with Crippen LogP contribution in [0.25, 0.3) is 0 Å². The standard InChI is InChI=1S/C28H35BrN4O4S/c29-24-13-11-22(12-14-24)18-31-25(17-21-7-2-1-3-8-21)28(35)32-19-23-9-6-16-33(20-26(23)34)38(36,37)27-10-4-5-15-30-27/h4-5,10-15,19,21,23,25,31H,1-3,6-9,16-18,20H2/t23?,25-/m0/s1. The van der Waals surface area contributed by atoms with E-state index in [4.69, 9.17) is 0 Å². The van der Waals surface area contributed by atoms with Crippen molar-refractivity contribution in [2.24, 2.45) is 16.8 Å². The van der Waals surface area contributed by atoms with Gasteiger partial charge in [-0.2, -0.15) is 4.31 Å². The molecule has 1 aromatic heterocycles. The van der Waals surface area contributed by atoms with E-state index in [1.807, 2.05) is 24.3 Å². The fourth-order valence-corrected chi connectivity index (χ4v) is 6.78. The minimum absolute atomic E-state index is 0.0718. The highest BCUT2D eigenvalue weighted by atomic mass is 79.9. The first kappa shape index (κ1) is 28.7. The summed E-state index contributed by atoms with van der Waals surface area (Å²) in [6.45, 7) is 0.522. The topological polar surface area (TPSA) is 109 Å².